The summed E-state index contributed by atoms with van der Waals surface area (Å²) in [4.78, 5) is 25.4. The Morgan fingerprint density at radius 1 is 1.24 bits per heavy atom. The number of hydrogen-bond donors (Lipinski definition) is 1. The molecule has 0 saturated heterocycles. The first-order chi connectivity index (χ1) is 11.9. The molecule has 1 unspecified atom stereocenters. The first-order valence-corrected chi connectivity index (χ1v) is 8.76. The van der Waals surface area contributed by atoms with Crippen molar-refractivity contribution in [3.05, 3.63) is 69.2 Å². The molecule has 1 atom stereocenters. The van der Waals surface area contributed by atoms with E-state index in [1.807, 2.05) is 30.3 Å². The number of carboxylic acids is 1. The Hall–Kier alpha value is -2.05. The standard InChI is InChI=1S/C18H17BrClNO4/c1-2-21(18(24)25-11-12-6-4-3-5-7-12)16(17(22)23)14-9-8-13(19)10-15(14)20/h3-10,16H,2,11H2,1H3,(H,22,23). The largest absolute Gasteiger partial charge is 0.479 e. The molecule has 2 rings (SSSR count). The van der Waals surface area contributed by atoms with Crippen LogP contribution >= 0.6 is 27.5 Å². The monoisotopic (exact) mass is 425 g/mol. The van der Waals surface area contributed by atoms with Gasteiger partial charge in [-0.3, -0.25) is 4.90 Å². The van der Waals surface area contributed by atoms with Crippen LogP contribution in [0.25, 0.3) is 0 Å². The smallest absolute Gasteiger partial charge is 0.411 e. The maximum absolute atomic E-state index is 12.4. The van der Waals surface area contributed by atoms with E-state index in [9.17, 15) is 14.7 Å². The Kier molecular flexibility index (Phi) is 6.84. The summed E-state index contributed by atoms with van der Waals surface area (Å²) in [6, 6.07) is 12.8. The van der Waals surface area contributed by atoms with Gasteiger partial charge >= 0.3 is 12.1 Å². The van der Waals surface area contributed by atoms with Crippen LogP contribution in [0.15, 0.2) is 53.0 Å². The number of benzene rings is 2. The van der Waals surface area contributed by atoms with Crippen LogP contribution < -0.4 is 0 Å². The summed E-state index contributed by atoms with van der Waals surface area (Å²) in [5.41, 5.74) is 1.15. The summed E-state index contributed by atoms with van der Waals surface area (Å²) in [6.07, 6.45) is -0.710. The summed E-state index contributed by atoms with van der Waals surface area (Å²) in [6.45, 7) is 1.92. The van der Waals surface area contributed by atoms with Crippen LogP contribution in [0, 0.1) is 0 Å². The Morgan fingerprint density at radius 2 is 1.92 bits per heavy atom. The fourth-order valence-corrected chi connectivity index (χ4v) is 3.15. The van der Waals surface area contributed by atoms with E-state index in [2.05, 4.69) is 15.9 Å². The van der Waals surface area contributed by atoms with Crippen molar-refractivity contribution < 1.29 is 19.4 Å². The minimum atomic E-state index is -1.23. The van der Waals surface area contributed by atoms with Gasteiger partial charge < -0.3 is 9.84 Å². The van der Waals surface area contributed by atoms with Gasteiger partial charge in [-0.2, -0.15) is 0 Å². The van der Waals surface area contributed by atoms with E-state index in [1.54, 1.807) is 25.1 Å². The van der Waals surface area contributed by atoms with Crippen LogP contribution in [-0.4, -0.2) is 28.6 Å². The van der Waals surface area contributed by atoms with Crippen molar-refractivity contribution in [2.75, 3.05) is 6.54 Å². The van der Waals surface area contributed by atoms with Gasteiger partial charge in [-0.1, -0.05) is 63.9 Å². The molecule has 2 aromatic rings. The van der Waals surface area contributed by atoms with Gasteiger partial charge in [0, 0.05) is 21.6 Å². The molecule has 0 fully saturated rings. The number of halogens is 2. The van der Waals surface area contributed by atoms with E-state index < -0.39 is 18.1 Å². The third-order valence-corrected chi connectivity index (χ3v) is 4.40. The molecule has 25 heavy (non-hydrogen) atoms. The SMILES string of the molecule is CCN(C(=O)OCc1ccccc1)C(C(=O)O)c1ccc(Br)cc1Cl. The van der Waals surface area contributed by atoms with E-state index in [1.165, 1.54) is 0 Å². The summed E-state index contributed by atoms with van der Waals surface area (Å²) in [5, 5.41) is 9.90. The predicted molar refractivity (Wildman–Crippen MR) is 98.5 cm³/mol. The predicted octanol–water partition coefficient (Wildman–Crippen LogP) is 4.89. The molecule has 5 nitrogen and oxygen atoms in total. The van der Waals surface area contributed by atoms with Gasteiger partial charge in [0.2, 0.25) is 0 Å². The fourth-order valence-electron chi connectivity index (χ4n) is 2.38. The highest BCUT2D eigenvalue weighted by atomic mass is 79.9. The van der Waals surface area contributed by atoms with Crippen molar-refractivity contribution in [3.63, 3.8) is 0 Å². The highest BCUT2D eigenvalue weighted by Crippen LogP contribution is 2.31. The maximum atomic E-state index is 12.4. The van der Waals surface area contributed by atoms with E-state index in [4.69, 9.17) is 16.3 Å². The molecule has 0 aliphatic rings. The Labute approximate surface area is 159 Å². The molecule has 1 amide bonds. The van der Waals surface area contributed by atoms with E-state index in [0.29, 0.717) is 5.56 Å². The van der Waals surface area contributed by atoms with Crippen molar-refractivity contribution in [1.29, 1.82) is 0 Å². The number of amides is 1. The molecule has 132 valence electrons. The first kappa shape index (κ1) is 19.3. The van der Waals surface area contributed by atoms with Crippen molar-refractivity contribution in [1.82, 2.24) is 4.90 Å². The van der Waals surface area contributed by atoms with Crippen molar-refractivity contribution in [2.24, 2.45) is 0 Å². The topological polar surface area (TPSA) is 66.8 Å². The molecule has 0 heterocycles. The average Bonchev–Trinajstić information content (AvgIpc) is 2.59. The number of likely N-dealkylation sites (N-methyl/N-ethyl adjacent to an activating group) is 1. The normalized spacial score (nSPS) is 11.6. The van der Waals surface area contributed by atoms with Gasteiger partial charge in [-0.15, -0.1) is 0 Å². The van der Waals surface area contributed by atoms with Crippen LogP contribution in [0.4, 0.5) is 4.79 Å². The van der Waals surface area contributed by atoms with Crippen molar-refractivity contribution in [3.8, 4) is 0 Å². The third kappa shape index (κ3) is 4.96. The zero-order valence-electron chi connectivity index (χ0n) is 13.5. The van der Waals surface area contributed by atoms with Crippen LogP contribution in [0.2, 0.25) is 5.02 Å². The Morgan fingerprint density at radius 3 is 2.48 bits per heavy atom. The number of nitrogens with zero attached hydrogens (tertiary/aromatic N) is 1. The number of aliphatic carboxylic acids is 1. The lowest BCUT2D eigenvalue weighted by atomic mass is 10.1. The molecule has 0 spiro atoms. The lowest BCUT2D eigenvalue weighted by molar-refractivity contribution is -0.143. The number of carboxylic acid groups (broad SMARTS) is 1. The van der Waals surface area contributed by atoms with Crippen molar-refractivity contribution >= 4 is 39.6 Å². The molecule has 2 aromatic carbocycles. The number of hydrogen-bond acceptors (Lipinski definition) is 3. The third-order valence-electron chi connectivity index (χ3n) is 3.58. The molecule has 0 aliphatic carbocycles. The quantitative estimate of drug-likeness (QED) is 0.714. The lowest BCUT2D eigenvalue weighted by Gasteiger charge is -2.28. The molecule has 0 aromatic heterocycles. The zero-order valence-corrected chi connectivity index (χ0v) is 15.8. The minimum absolute atomic E-state index is 0.0661. The number of carbonyl (C=O) groups excluding carboxylic acids is 1. The molecular formula is C18H17BrClNO4. The molecule has 0 radical (unpaired) electrons. The average molecular weight is 427 g/mol. The molecular weight excluding hydrogens is 410 g/mol. The van der Waals surface area contributed by atoms with E-state index >= 15 is 0 Å². The Bertz CT molecular complexity index is 754. The highest BCUT2D eigenvalue weighted by molar-refractivity contribution is 9.10. The summed E-state index contributed by atoms with van der Waals surface area (Å²) in [5.74, 6) is -1.18. The fraction of sp³-hybridized carbons (Fsp3) is 0.222. The van der Waals surface area contributed by atoms with Gasteiger partial charge in [-0.25, -0.2) is 9.59 Å². The highest BCUT2D eigenvalue weighted by Gasteiger charge is 2.32. The minimum Gasteiger partial charge on any atom is -0.479 e. The van der Waals surface area contributed by atoms with Gasteiger partial charge in [-0.05, 0) is 24.6 Å². The molecule has 0 aliphatic heterocycles. The molecule has 0 bridgehead atoms. The van der Waals surface area contributed by atoms with Crippen molar-refractivity contribution in [2.45, 2.75) is 19.6 Å². The molecule has 1 N–H and O–H groups in total. The van der Waals surface area contributed by atoms with E-state index in [0.717, 1.165) is 14.9 Å². The second-order valence-electron chi connectivity index (χ2n) is 5.23. The second kappa shape index (κ2) is 8.87. The van der Waals surface area contributed by atoms with Gasteiger partial charge in [0.05, 0.1) is 0 Å². The van der Waals surface area contributed by atoms with Gasteiger partial charge in [0.25, 0.3) is 0 Å². The summed E-state index contributed by atoms with van der Waals surface area (Å²) in [7, 11) is 0. The zero-order chi connectivity index (χ0) is 18.4. The number of ether oxygens (including phenoxy) is 1. The summed E-state index contributed by atoms with van der Waals surface area (Å²) >= 11 is 9.45. The van der Waals surface area contributed by atoms with Crippen LogP contribution in [0.3, 0.4) is 0 Å². The van der Waals surface area contributed by atoms with Gasteiger partial charge in [0.15, 0.2) is 6.04 Å². The first-order valence-electron chi connectivity index (χ1n) is 7.59. The van der Waals surface area contributed by atoms with Crippen LogP contribution in [0.1, 0.15) is 24.1 Å². The summed E-state index contributed by atoms with van der Waals surface area (Å²) < 4.78 is 5.99. The maximum Gasteiger partial charge on any atom is 0.411 e. The lowest BCUT2D eigenvalue weighted by Crippen LogP contribution is -2.39. The molecule has 0 saturated carbocycles. The number of carbonyl (C=O) groups is 2. The van der Waals surface area contributed by atoms with Gasteiger partial charge in [0.1, 0.15) is 6.61 Å². The Balaban J connectivity index is 2.21. The molecule has 7 heteroatoms. The number of rotatable bonds is 6. The van der Waals surface area contributed by atoms with Crippen LogP contribution in [0.5, 0.6) is 0 Å². The van der Waals surface area contributed by atoms with E-state index in [-0.39, 0.29) is 18.2 Å². The second-order valence-corrected chi connectivity index (χ2v) is 6.56. The van der Waals surface area contributed by atoms with Crippen LogP contribution in [-0.2, 0) is 16.1 Å².